The Morgan fingerprint density at radius 2 is 1.76 bits per heavy atom. The minimum atomic E-state index is 0.0189. The van der Waals surface area contributed by atoms with Crippen LogP contribution in [0.2, 0.25) is 0 Å². The number of hydrogen-bond acceptors (Lipinski definition) is 6. The van der Waals surface area contributed by atoms with Crippen LogP contribution in [-0.2, 0) is 23.1 Å². The molecule has 0 bridgehead atoms. The molecular formula is C42H45N3O4. The summed E-state index contributed by atoms with van der Waals surface area (Å²) >= 11 is 0. The molecular weight excluding hydrogens is 610 g/mol. The van der Waals surface area contributed by atoms with E-state index >= 15 is 0 Å². The van der Waals surface area contributed by atoms with Crippen LogP contribution in [0.1, 0.15) is 81.3 Å². The van der Waals surface area contributed by atoms with Gasteiger partial charge >= 0.3 is 0 Å². The number of piperidine rings is 1. The van der Waals surface area contributed by atoms with Crippen molar-refractivity contribution in [2.75, 3.05) is 50.8 Å². The van der Waals surface area contributed by atoms with Crippen molar-refractivity contribution in [3.63, 3.8) is 0 Å². The van der Waals surface area contributed by atoms with Crippen LogP contribution in [0.5, 0.6) is 11.5 Å². The molecule has 7 nitrogen and oxygen atoms in total. The molecule has 0 saturated carbocycles. The van der Waals surface area contributed by atoms with Crippen LogP contribution in [0.3, 0.4) is 0 Å². The Kier molecular flexibility index (Phi) is 7.85. The molecule has 4 aromatic rings. The number of nitrogens with one attached hydrogen (secondary N) is 1. The van der Waals surface area contributed by atoms with Gasteiger partial charge in [-0.1, -0.05) is 54.6 Å². The highest BCUT2D eigenvalue weighted by atomic mass is 16.5. The van der Waals surface area contributed by atoms with Crippen molar-refractivity contribution in [1.29, 1.82) is 0 Å². The van der Waals surface area contributed by atoms with Crippen LogP contribution >= 0.6 is 0 Å². The topological polar surface area (TPSA) is 74.3 Å². The summed E-state index contributed by atoms with van der Waals surface area (Å²) in [4.78, 5) is 17.1. The smallest absolute Gasteiger partial charge is 0.252 e. The van der Waals surface area contributed by atoms with Crippen molar-refractivity contribution >= 4 is 11.6 Å². The molecule has 0 aromatic heterocycles. The molecule has 4 heterocycles. The van der Waals surface area contributed by atoms with Gasteiger partial charge in [0, 0.05) is 66.5 Å². The number of ether oxygens (including phenoxy) is 2. The first-order chi connectivity index (χ1) is 24.0. The van der Waals surface area contributed by atoms with Crippen LogP contribution < -0.4 is 15.0 Å². The Morgan fingerprint density at radius 1 is 0.939 bits per heavy atom. The third kappa shape index (κ3) is 5.57. The van der Waals surface area contributed by atoms with E-state index in [1.54, 1.807) is 0 Å². The van der Waals surface area contributed by atoms with Crippen LogP contribution in [0.25, 0.3) is 0 Å². The van der Waals surface area contributed by atoms with Gasteiger partial charge in [-0.15, -0.1) is 0 Å². The maximum Gasteiger partial charge on any atom is 0.252 e. The minimum Gasteiger partial charge on any atom is -0.508 e. The fraction of sp³-hybridized carbons (Fsp3) is 0.405. The first-order valence-electron chi connectivity index (χ1n) is 18.2. The largest absolute Gasteiger partial charge is 0.508 e. The molecule has 7 heteroatoms. The maximum absolute atomic E-state index is 12.1. The Labute approximate surface area is 288 Å². The fourth-order valence-electron chi connectivity index (χ4n) is 9.23. The monoisotopic (exact) mass is 655 g/mol. The molecule has 4 aliphatic heterocycles. The average molecular weight is 656 g/mol. The standard InChI is InChI=1S/C42H45N3O4/c46-32-12-14-35-30(23-32)9-13-34(28-5-2-1-3-6-28)39(35)29-7-10-31(11-8-29)45-25-33(26-45)48-22-4-19-44-20-17-42(18-21-44)27-49-40-37-24-43-41(47)36(37)15-16-38(40)42/h1-3,5-8,10-12,14-16,23,33-34,39,46H,4,9,13,17-22,24-27H2,(H,43,47). The van der Waals surface area contributed by atoms with Gasteiger partial charge < -0.3 is 29.7 Å². The lowest BCUT2D eigenvalue weighted by Crippen LogP contribution is -2.52. The molecule has 2 atom stereocenters. The summed E-state index contributed by atoms with van der Waals surface area (Å²) in [5.41, 5.74) is 9.82. The predicted molar refractivity (Wildman–Crippen MR) is 191 cm³/mol. The van der Waals surface area contributed by atoms with E-state index in [9.17, 15) is 9.90 Å². The third-order valence-electron chi connectivity index (χ3n) is 12.1. The molecule has 9 rings (SSSR count). The van der Waals surface area contributed by atoms with Crippen LogP contribution in [0.15, 0.2) is 84.9 Å². The molecule has 2 N–H and O–H groups in total. The number of phenols is 1. The zero-order valence-electron chi connectivity index (χ0n) is 28.1. The summed E-state index contributed by atoms with van der Waals surface area (Å²) in [6.45, 7) is 7.22. The van der Waals surface area contributed by atoms with Crippen molar-refractivity contribution < 1.29 is 19.4 Å². The van der Waals surface area contributed by atoms with E-state index < -0.39 is 0 Å². The normalized spacial score (nSPS) is 22.6. The minimum absolute atomic E-state index is 0.0189. The van der Waals surface area contributed by atoms with Crippen molar-refractivity contribution in [3.05, 3.63) is 124 Å². The van der Waals surface area contributed by atoms with Gasteiger partial charge in [-0.05, 0) is 104 Å². The number of nitrogens with zero attached hydrogens (tertiary/aromatic N) is 2. The molecule has 1 spiro atoms. The van der Waals surface area contributed by atoms with Crippen molar-refractivity contribution in [1.82, 2.24) is 10.2 Å². The number of benzene rings is 4. The molecule has 1 aliphatic carbocycles. The number of aromatic hydroxyl groups is 1. The highest BCUT2D eigenvalue weighted by Gasteiger charge is 2.45. The Hall–Kier alpha value is -4.33. The highest BCUT2D eigenvalue weighted by molar-refractivity contribution is 5.99. The summed E-state index contributed by atoms with van der Waals surface area (Å²) < 4.78 is 12.5. The summed E-state index contributed by atoms with van der Waals surface area (Å²) in [6, 6.07) is 30.2. The second-order valence-corrected chi connectivity index (χ2v) is 14.8. The quantitative estimate of drug-likeness (QED) is 0.211. The van der Waals surface area contributed by atoms with Crippen LogP contribution in [-0.4, -0.2) is 68.0 Å². The molecule has 2 fully saturated rings. The second-order valence-electron chi connectivity index (χ2n) is 14.8. The Morgan fingerprint density at radius 3 is 2.57 bits per heavy atom. The number of carbonyl (C=O) groups excluding carboxylic acids is 1. The Balaban J connectivity index is 0.755. The zero-order valence-corrected chi connectivity index (χ0v) is 28.1. The Bertz CT molecular complexity index is 1840. The third-order valence-corrected chi connectivity index (χ3v) is 12.1. The summed E-state index contributed by atoms with van der Waals surface area (Å²) in [7, 11) is 0. The second kappa shape index (κ2) is 12.5. The number of phenolic OH excluding ortho intramolecular Hbond substituents is 1. The average Bonchev–Trinajstić information content (AvgIpc) is 3.68. The lowest BCUT2D eigenvalue weighted by atomic mass is 9.69. The van der Waals surface area contributed by atoms with E-state index in [0.29, 0.717) is 24.3 Å². The van der Waals surface area contributed by atoms with Gasteiger partial charge in [0.25, 0.3) is 5.91 Å². The van der Waals surface area contributed by atoms with E-state index in [0.717, 1.165) is 94.9 Å². The first kappa shape index (κ1) is 30.7. The van der Waals surface area contributed by atoms with Gasteiger partial charge in [-0.3, -0.25) is 4.79 Å². The molecule has 2 unspecified atom stereocenters. The first-order valence-corrected chi connectivity index (χ1v) is 18.2. The summed E-state index contributed by atoms with van der Waals surface area (Å²) in [5, 5.41) is 13.1. The number of fused-ring (bicyclic) bond motifs is 5. The lowest BCUT2D eigenvalue weighted by Gasteiger charge is -2.41. The molecule has 252 valence electrons. The number of carbonyl (C=O) groups is 1. The number of aryl methyl sites for hydroxylation is 1. The SMILES string of the molecule is O=C1NCc2c1ccc1c2OCC12CCN(CCCOC1CN(c3ccc(C4c5ccc(O)cc5CCC4c4ccccc4)cc3)C1)CC2. The van der Waals surface area contributed by atoms with Crippen molar-refractivity contribution in [2.45, 2.75) is 62.0 Å². The zero-order chi connectivity index (χ0) is 33.0. The van der Waals surface area contributed by atoms with Gasteiger partial charge in [0.15, 0.2) is 0 Å². The van der Waals surface area contributed by atoms with Gasteiger partial charge in [0.1, 0.15) is 11.5 Å². The van der Waals surface area contributed by atoms with Gasteiger partial charge in [-0.2, -0.15) is 0 Å². The van der Waals surface area contributed by atoms with Crippen molar-refractivity contribution in [3.8, 4) is 11.5 Å². The lowest BCUT2D eigenvalue weighted by molar-refractivity contribution is 0.0265. The highest BCUT2D eigenvalue weighted by Crippen LogP contribution is 2.49. The van der Waals surface area contributed by atoms with Gasteiger partial charge in [0.05, 0.1) is 12.7 Å². The van der Waals surface area contributed by atoms with Gasteiger partial charge in [0.2, 0.25) is 0 Å². The number of rotatable bonds is 8. The van der Waals surface area contributed by atoms with E-state index in [2.05, 4.69) is 81.8 Å². The number of anilines is 1. The van der Waals surface area contributed by atoms with Gasteiger partial charge in [-0.25, -0.2) is 0 Å². The number of hydrogen-bond donors (Lipinski definition) is 2. The predicted octanol–water partition coefficient (Wildman–Crippen LogP) is 6.52. The van der Waals surface area contributed by atoms with E-state index in [1.807, 2.05) is 18.2 Å². The van der Waals surface area contributed by atoms with Crippen LogP contribution in [0, 0.1) is 0 Å². The summed E-state index contributed by atoms with van der Waals surface area (Å²) in [5.74, 6) is 2.03. The van der Waals surface area contributed by atoms with E-state index in [-0.39, 0.29) is 17.2 Å². The van der Waals surface area contributed by atoms with Crippen molar-refractivity contribution in [2.24, 2.45) is 0 Å². The molecule has 2 saturated heterocycles. The molecule has 0 radical (unpaired) electrons. The number of likely N-dealkylation sites (tertiary alicyclic amines) is 1. The molecule has 4 aromatic carbocycles. The number of amides is 1. The maximum atomic E-state index is 12.1. The van der Waals surface area contributed by atoms with Crippen LogP contribution in [0.4, 0.5) is 5.69 Å². The molecule has 5 aliphatic rings. The van der Waals surface area contributed by atoms with E-state index in [4.69, 9.17) is 9.47 Å². The molecule has 49 heavy (non-hydrogen) atoms. The fourth-order valence-corrected chi connectivity index (χ4v) is 9.23. The van der Waals surface area contributed by atoms with E-state index in [1.165, 1.54) is 33.5 Å². The summed E-state index contributed by atoms with van der Waals surface area (Å²) in [6.07, 6.45) is 5.60. The molecule has 1 amide bonds.